The zero-order chi connectivity index (χ0) is 17.1. The van der Waals surface area contributed by atoms with Gasteiger partial charge in [-0.1, -0.05) is 17.9 Å². The van der Waals surface area contributed by atoms with Crippen LogP contribution in [0.15, 0.2) is 18.2 Å². The van der Waals surface area contributed by atoms with Crippen LogP contribution in [0.4, 0.5) is 0 Å². The third kappa shape index (κ3) is 3.03. The first-order chi connectivity index (χ1) is 11.6. The van der Waals surface area contributed by atoms with E-state index in [0.29, 0.717) is 18.5 Å². The van der Waals surface area contributed by atoms with Gasteiger partial charge in [0.05, 0.1) is 0 Å². The van der Waals surface area contributed by atoms with Crippen LogP contribution in [0.3, 0.4) is 0 Å². The molecule has 24 heavy (non-hydrogen) atoms. The monoisotopic (exact) mass is 325 g/mol. The molecule has 2 heterocycles. The molecule has 2 aliphatic rings. The lowest BCUT2D eigenvalue weighted by molar-refractivity contribution is -0.136. The van der Waals surface area contributed by atoms with E-state index in [0.717, 1.165) is 24.1 Å². The van der Waals surface area contributed by atoms with Gasteiger partial charge in [-0.15, -0.1) is 0 Å². The number of piperidine rings is 1. The van der Waals surface area contributed by atoms with Gasteiger partial charge in [0.25, 0.3) is 5.91 Å². The van der Waals surface area contributed by atoms with Gasteiger partial charge in [0.15, 0.2) is 0 Å². The molecule has 1 aromatic rings. The molecule has 1 atom stereocenters. The fourth-order valence-corrected chi connectivity index (χ4v) is 3.05. The average molecular weight is 325 g/mol. The average Bonchev–Trinajstić information content (AvgIpc) is 2.89. The van der Waals surface area contributed by atoms with E-state index in [1.165, 1.54) is 0 Å². The number of fused-ring (bicyclic) bond motifs is 1. The normalized spacial score (nSPS) is 19.6. The first-order valence-electron chi connectivity index (χ1n) is 8.02. The van der Waals surface area contributed by atoms with Gasteiger partial charge in [-0.05, 0) is 31.2 Å². The largest absolute Gasteiger partial charge is 0.322 e. The first kappa shape index (κ1) is 16.2. The topological polar surface area (TPSA) is 78.5 Å². The Morgan fingerprint density at radius 2 is 2.17 bits per heavy atom. The van der Waals surface area contributed by atoms with Gasteiger partial charge in [0, 0.05) is 37.1 Å². The van der Waals surface area contributed by atoms with Crippen LogP contribution in [-0.4, -0.2) is 42.3 Å². The first-order valence-corrected chi connectivity index (χ1v) is 8.02. The molecule has 0 saturated carbocycles. The summed E-state index contributed by atoms with van der Waals surface area (Å²) in [5, 5.41) is 5.34. The predicted octanol–water partition coefficient (Wildman–Crippen LogP) is 0.409. The summed E-state index contributed by atoms with van der Waals surface area (Å²) in [6, 6.07) is 4.88. The lowest BCUT2D eigenvalue weighted by Gasteiger charge is -2.29. The van der Waals surface area contributed by atoms with Gasteiger partial charge in [-0.25, -0.2) is 0 Å². The second kappa shape index (κ2) is 6.85. The van der Waals surface area contributed by atoms with E-state index in [1.807, 2.05) is 19.2 Å². The van der Waals surface area contributed by atoms with Crippen LogP contribution >= 0.6 is 0 Å². The molecule has 0 spiro atoms. The van der Waals surface area contributed by atoms with Gasteiger partial charge in [0.2, 0.25) is 11.8 Å². The molecule has 0 aromatic heterocycles. The molecule has 3 rings (SSSR count). The minimum absolute atomic E-state index is 0.168. The number of nitrogens with one attached hydrogen (secondary N) is 2. The number of carbonyl (C=O) groups excluding carboxylic acids is 3. The highest BCUT2D eigenvalue weighted by atomic mass is 16.2. The van der Waals surface area contributed by atoms with Crippen molar-refractivity contribution < 1.29 is 14.4 Å². The van der Waals surface area contributed by atoms with Crippen molar-refractivity contribution in [3.63, 3.8) is 0 Å². The van der Waals surface area contributed by atoms with Gasteiger partial charge < -0.3 is 10.2 Å². The van der Waals surface area contributed by atoms with E-state index in [1.54, 1.807) is 11.0 Å². The molecule has 3 amide bonds. The number of carbonyl (C=O) groups is 3. The summed E-state index contributed by atoms with van der Waals surface area (Å²) < 4.78 is 0. The lowest BCUT2D eigenvalue weighted by atomic mass is 10.0. The molecule has 124 valence electrons. The highest BCUT2D eigenvalue weighted by Crippen LogP contribution is 2.29. The maximum atomic E-state index is 12.7. The number of hydrogen-bond donors (Lipinski definition) is 2. The molecule has 6 heteroatoms. The molecule has 1 fully saturated rings. The van der Waals surface area contributed by atoms with E-state index in [-0.39, 0.29) is 18.2 Å². The highest BCUT2D eigenvalue weighted by molar-refractivity contribution is 6.05. The number of benzene rings is 1. The fraction of sp³-hybridized carbons (Fsp3) is 0.389. The van der Waals surface area contributed by atoms with Crippen molar-refractivity contribution in [1.82, 2.24) is 15.5 Å². The second-order valence-electron chi connectivity index (χ2n) is 5.89. The standard InChI is InChI=1S/C18H19N3O3/c1-19-10-3-2-5-12-6-4-7-13-14(12)11-21(18(13)24)15-8-9-16(22)20-17(15)23/h4,6-7,15,19H,3,8-11H2,1H3,(H,20,22,23). The smallest absolute Gasteiger partial charge is 0.255 e. The molecule has 1 saturated heterocycles. The van der Waals surface area contributed by atoms with Gasteiger partial charge in [-0.2, -0.15) is 0 Å². The SMILES string of the molecule is CNCCC#Cc1cccc2c1CN(C1CCC(=O)NC1=O)C2=O. The van der Waals surface area contributed by atoms with E-state index in [2.05, 4.69) is 22.5 Å². The third-order valence-corrected chi connectivity index (χ3v) is 4.31. The van der Waals surface area contributed by atoms with Crippen molar-refractivity contribution in [3.05, 3.63) is 34.9 Å². The van der Waals surface area contributed by atoms with Crippen LogP contribution in [-0.2, 0) is 16.1 Å². The Morgan fingerprint density at radius 3 is 2.92 bits per heavy atom. The molecular weight excluding hydrogens is 306 g/mol. The number of amides is 3. The fourth-order valence-electron chi connectivity index (χ4n) is 3.05. The highest BCUT2D eigenvalue weighted by Gasteiger charge is 2.39. The summed E-state index contributed by atoms with van der Waals surface area (Å²) in [5.41, 5.74) is 2.29. The van der Waals surface area contributed by atoms with Crippen molar-refractivity contribution in [1.29, 1.82) is 0 Å². The minimum Gasteiger partial charge on any atom is -0.322 e. The van der Waals surface area contributed by atoms with E-state index < -0.39 is 11.9 Å². The summed E-state index contributed by atoms with van der Waals surface area (Å²) in [6.45, 7) is 1.17. The third-order valence-electron chi connectivity index (χ3n) is 4.31. The van der Waals surface area contributed by atoms with Gasteiger partial charge in [-0.3, -0.25) is 19.7 Å². The molecule has 6 nitrogen and oxygen atoms in total. The van der Waals surface area contributed by atoms with Gasteiger partial charge in [0.1, 0.15) is 6.04 Å². The summed E-state index contributed by atoms with van der Waals surface area (Å²) in [6.07, 6.45) is 1.35. The van der Waals surface area contributed by atoms with E-state index in [4.69, 9.17) is 0 Å². The molecule has 1 unspecified atom stereocenters. The molecule has 1 aromatic carbocycles. The number of nitrogens with zero attached hydrogens (tertiary/aromatic N) is 1. The predicted molar refractivity (Wildman–Crippen MR) is 87.9 cm³/mol. The number of hydrogen-bond acceptors (Lipinski definition) is 4. The van der Waals surface area contributed by atoms with Crippen LogP contribution < -0.4 is 10.6 Å². The molecule has 0 bridgehead atoms. The maximum Gasteiger partial charge on any atom is 0.255 e. The Morgan fingerprint density at radius 1 is 1.33 bits per heavy atom. The summed E-state index contributed by atoms with van der Waals surface area (Å²) in [5.74, 6) is 5.36. The van der Waals surface area contributed by atoms with Crippen molar-refractivity contribution in [3.8, 4) is 11.8 Å². The van der Waals surface area contributed by atoms with Crippen molar-refractivity contribution >= 4 is 17.7 Å². The van der Waals surface area contributed by atoms with Crippen LogP contribution in [0.5, 0.6) is 0 Å². The molecule has 0 aliphatic carbocycles. The Balaban J connectivity index is 1.83. The van der Waals surface area contributed by atoms with Crippen molar-refractivity contribution in [2.24, 2.45) is 0 Å². The molecule has 0 radical (unpaired) electrons. The van der Waals surface area contributed by atoms with Crippen molar-refractivity contribution in [2.75, 3.05) is 13.6 Å². The minimum atomic E-state index is -0.590. The number of imide groups is 1. The van der Waals surface area contributed by atoms with E-state index in [9.17, 15) is 14.4 Å². The second-order valence-corrected chi connectivity index (χ2v) is 5.89. The molecule has 2 N–H and O–H groups in total. The Labute approximate surface area is 140 Å². The van der Waals surface area contributed by atoms with Crippen LogP contribution in [0.25, 0.3) is 0 Å². The Kier molecular flexibility index (Phi) is 4.63. The zero-order valence-corrected chi connectivity index (χ0v) is 13.5. The van der Waals surface area contributed by atoms with Crippen LogP contribution in [0.1, 0.15) is 40.7 Å². The van der Waals surface area contributed by atoms with Crippen LogP contribution in [0.2, 0.25) is 0 Å². The Bertz CT molecular complexity index is 761. The van der Waals surface area contributed by atoms with Gasteiger partial charge >= 0.3 is 0 Å². The van der Waals surface area contributed by atoms with E-state index >= 15 is 0 Å². The Hall–Kier alpha value is -2.65. The maximum absolute atomic E-state index is 12.7. The summed E-state index contributed by atoms with van der Waals surface area (Å²) >= 11 is 0. The lowest BCUT2D eigenvalue weighted by Crippen LogP contribution is -2.52. The number of rotatable bonds is 3. The van der Waals surface area contributed by atoms with Crippen molar-refractivity contribution in [2.45, 2.75) is 31.8 Å². The summed E-state index contributed by atoms with van der Waals surface area (Å²) in [4.78, 5) is 37.6. The molecule has 2 aliphatic heterocycles. The summed E-state index contributed by atoms with van der Waals surface area (Å²) in [7, 11) is 1.87. The van der Waals surface area contributed by atoms with Crippen LogP contribution in [0, 0.1) is 11.8 Å². The molecular formula is C18H19N3O3. The quantitative estimate of drug-likeness (QED) is 0.479. The zero-order valence-electron chi connectivity index (χ0n) is 13.5.